The van der Waals surface area contributed by atoms with Crippen molar-refractivity contribution in [2.45, 2.75) is 19.4 Å². The summed E-state index contributed by atoms with van der Waals surface area (Å²) in [6.07, 6.45) is 1.07. The van der Waals surface area contributed by atoms with E-state index in [1.165, 1.54) is 14.0 Å². The Hall–Kier alpha value is -0.390. The first kappa shape index (κ1) is 13.1. The van der Waals surface area contributed by atoms with Crippen LogP contribution < -0.4 is 5.32 Å². The molecule has 0 fully saturated rings. The highest BCUT2D eigenvalue weighted by Gasteiger charge is 2.13. The molecule has 0 saturated heterocycles. The van der Waals surface area contributed by atoms with Crippen molar-refractivity contribution >= 4 is 33.9 Å². The monoisotopic (exact) mass is 357 g/mol. The Morgan fingerprint density at radius 3 is 2.71 bits per heavy atom. The summed E-state index contributed by atoms with van der Waals surface area (Å²) >= 11 is 4.26. The van der Waals surface area contributed by atoms with Gasteiger partial charge in [0.15, 0.2) is 0 Å². The molecule has 0 aliphatic rings. The molecule has 2 rings (SSSR count). The molecule has 0 saturated carbocycles. The standard InChI is InChI=1S/C14H16INS/c1-2-16-14(10-11-6-5-9-17-11)12-7-3-4-8-13(12)15/h3-9,14,16H,2,10H2,1H3. The zero-order valence-electron chi connectivity index (χ0n) is 9.82. The minimum atomic E-state index is 0.423. The van der Waals surface area contributed by atoms with Crippen LogP contribution in [0.25, 0.3) is 0 Å². The largest absolute Gasteiger partial charge is 0.310 e. The van der Waals surface area contributed by atoms with Crippen LogP contribution in [0, 0.1) is 3.57 Å². The number of halogens is 1. The first-order valence-electron chi connectivity index (χ1n) is 5.81. The maximum Gasteiger partial charge on any atom is 0.0379 e. The molecule has 1 heterocycles. The molecule has 0 amide bonds. The fourth-order valence-corrected chi connectivity index (χ4v) is 3.44. The highest BCUT2D eigenvalue weighted by molar-refractivity contribution is 14.1. The summed E-state index contributed by atoms with van der Waals surface area (Å²) in [5, 5.41) is 5.73. The van der Waals surface area contributed by atoms with E-state index >= 15 is 0 Å². The maximum absolute atomic E-state index is 3.58. The maximum atomic E-state index is 3.58. The van der Waals surface area contributed by atoms with Crippen LogP contribution in [0.15, 0.2) is 41.8 Å². The number of benzene rings is 1. The normalized spacial score (nSPS) is 12.6. The van der Waals surface area contributed by atoms with E-state index < -0.39 is 0 Å². The van der Waals surface area contributed by atoms with Gasteiger partial charge in [-0.05, 0) is 52.2 Å². The molecule has 1 nitrogen and oxygen atoms in total. The van der Waals surface area contributed by atoms with Crippen molar-refractivity contribution in [3.63, 3.8) is 0 Å². The predicted molar refractivity (Wildman–Crippen MR) is 83.6 cm³/mol. The summed E-state index contributed by atoms with van der Waals surface area (Å²) in [7, 11) is 0. The molecule has 1 aromatic carbocycles. The van der Waals surface area contributed by atoms with Crippen molar-refractivity contribution in [1.29, 1.82) is 0 Å². The van der Waals surface area contributed by atoms with E-state index in [1.54, 1.807) is 0 Å². The third-order valence-corrected chi connectivity index (χ3v) is 4.60. The smallest absolute Gasteiger partial charge is 0.0379 e. The molecule has 90 valence electrons. The van der Waals surface area contributed by atoms with Crippen LogP contribution in [0.3, 0.4) is 0 Å². The Kier molecular flexibility index (Phi) is 5.00. The second-order valence-corrected chi connectivity index (χ2v) is 6.11. The van der Waals surface area contributed by atoms with E-state index in [9.17, 15) is 0 Å². The molecule has 0 bridgehead atoms. The van der Waals surface area contributed by atoms with Crippen LogP contribution in [0.2, 0.25) is 0 Å². The summed E-state index contributed by atoms with van der Waals surface area (Å²) in [5.74, 6) is 0. The molecule has 0 spiro atoms. The van der Waals surface area contributed by atoms with Crippen LogP contribution in [0.1, 0.15) is 23.4 Å². The van der Waals surface area contributed by atoms with Crippen molar-refractivity contribution in [3.8, 4) is 0 Å². The van der Waals surface area contributed by atoms with Gasteiger partial charge in [-0.25, -0.2) is 0 Å². The molecule has 2 aromatic rings. The quantitative estimate of drug-likeness (QED) is 0.789. The molecule has 0 radical (unpaired) electrons. The average Bonchev–Trinajstić information content (AvgIpc) is 2.82. The lowest BCUT2D eigenvalue weighted by molar-refractivity contribution is 0.551. The molecule has 3 heteroatoms. The van der Waals surface area contributed by atoms with E-state index in [0.29, 0.717) is 6.04 Å². The van der Waals surface area contributed by atoms with Crippen LogP contribution in [0.5, 0.6) is 0 Å². The van der Waals surface area contributed by atoms with Gasteiger partial charge in [0.25, 0.3) is 0 Å². The summed E-state index contributed by atoms with van der Waals surface area (Å²) in [5.41, 5.74) is 1.41. The summed E-state index contributed by atoms with van der Waals surface area (Å²) < 4.78 is 1.34. The summed E-state index contributed by atoms with van der Waals surface area (Å²) in [6.45, 7) is 3.16. The Morgan fingerprint density at radius 2 is 2.06 bits per heavy atom. The van der Waals surface area contributed by atoms with Gasteiger partial charge in [0.05, 0.1) is 0 Å². The first-order chi connectivity index (χ1) is 8.31. The van der Waals surface area contributed by atoms with Gasteiger partial charge >= 0.3 is 0 Å². The van der Waals surface area contributed by atoms with Gasteiger partial charge in [-0.1, -0.05) is 31.2 Å². The molecule has 0 aliphatic heterocycles. The number of thiophene rings is 1. The topological polar surface area (TPSA) is 12.0 Å². The van der Waals surface area contributed by atoms with Gasteiger partial charge in [-0.3, -0.25) is 0 Å². The highest BCUT2D eigenvalue weighted by Crippen LogP contribution is 2.25. The summed E-state index contributed by atoms with van der Waals surface area (Å²) in [6, 6.07) is 13.4. The fourth-order valence-electron chi connectivity index (χ4n) is 1.93. The molecule has 1 atom stereocenters. The third kappa shape index (κ3) is 3.53. The first-order valence-corrected chi connectivity index (χ1v) is 7.77. The van der Waals surface area contributed by atoms with Gasteiger partial charge in [-0.2, -0.15) is 0 Å². The zero-order valence-corrected chi connectivity index (χ0v) is 12.8. The van der Waals surface area contributed by atoms with Crippen LogP contribution >= 0.6 is 33.9 Å². The third-order valence-electron chi connectivity index (χ3n) is 2.72. The molecule has 17 heavy (non-hydrogen) atoms. The zero-order chi connectivity index (χ0) is 12.1. The van der Waals surface area contributed by atoms with E-state index in [2.05, 4.69) is 76.6 Å². The Balaban J connectivity index is 2.20. The van der Waals surface area contributed by atoms with Crippen molar-refractivity contribution in [2.24, 2.45) is 0 Å². The van der Waals surface area contributed by atoms with Gasteiger partial charge in [0.1, 0.15) is 0 Å². The number of hydrogen-bond acceptors (Lipinski definition) is 2. The minimum absolute atomic E-state index is 0.423. The average molecular weight is 357 g/mol. The lowest BCUT2D eigenvalue weighted by atomic mass is 10.0. The van der Waals surface area contributed by atoms with Crippen molar-refractivity contribution in [2.75, 3.05) is 6.54 Å². The molecule has 0 aliphatic carbocycles. The number of hydrogen-bond donors (Lipinski definition) is 1. The number of likely N-dealkylation sites (N-methyl/N-ethyl adjacent to an activating group) is 1. The second-order valence-electron chi connectivity index (χ2n) is 3.92. The van der Waals surface area contributed by atoms with E-state index in [0.717, 1.165) is 13.0 Å². The van der Waals surface area contributed by atoms with Gasteiger partial charge in [0, 0.05) is 20.9 Å². The van der Waals surface area contributed by atoms with Crippen molar-refractivity contribution < 1.29 is 0 Å². The minimum Gasteiger partial charge on any atom is -0.310 e. The summed E-state index contributed by atoms with van der Waals surface area (Å²) in [4.78, 5) is 1.44. The van der Waals surface area contributed by atoms with Gasteiger partial charge in [-0.15, -0.1) is 11.3 Å². The van der Waals surface area contributed by atoms with Crippen molar-refractivity contribution in [1.82, 2.24) is 5.32 Å². The van der Waals surface area contributed by atoms with Gasteiger partial charge < -0.3 is 5.32 Å². The molecule has 1 N–H and O–H groups in total. The Morgan fingerprint density at radius 1 is 1.24 bits per heavy atom. The fraction of sp³-hybridized carbons (Fsp3) is 0.286. The Labute approximate surface area is 120 Å². The van der Waals surface area contributed by atoms with E-state index in [-0.39, 0.29) is 0 Å². The van der Waals surface area contributed by atoms with Crippen molar-refractivity contribution in [3.05, 3.63) is 55.8 Å². The molecule has 1 aromatic heterocycles. The van der Waals surface area contributed by atoms with Crippen LogP contribution in [-0.4, -0.2) is 6.54 Å². The molecular formula is C14H16INS. The number of nitrogens with one attached hydrogen (secondary N) is 1. The van der Waals surface area contributed by atoms with Gasteiger partial charge in [0.2, 0.25) is 0 Å². The molecule has 1 unspecified atom stereocenters. The number of rotatable bonds is 5. The van der Waals surface area contributed by atoms with E-state index in [1.807, 2.05) is 11.3 Å². The van der Waals surface area contributed by atoms with Crippen LogP contribution in [-0.2, 0) is 6.42 Å². The Bertz CT molecular complexity index is 453. The predicted octanol–water partition coefficient (Wildman–Crippen LogP) is 4.25. The SMILES string of the molecule is CCNC(Cc1cccs1)c1ccccc1I. The van der Waals surface area contributed by atoms with E-state index in [4.69, 9.17) is 0 Å². The lowest BCUT2D eigenvalue weighted by Crippen LogP contribution is -2.23. The van der Waals surface area contributed by atoms with Crippen LogP contribution in [0.4, 0.5) is 0 Å². The highest BCUT2D eigenvalue weighted by atomic mass is 127. The molecular weight excluding hydrogens is 341 g/mol. The lowest BCUT2D eigenvalue weighted by Gasteiger charge is -2.19. The second kappa shape index (κ2) is 6.52.